The fourth-order valence-corrected chi connectivity index (χ4v) is 2.82. The molecule has 1 saturated carbocycles. The van der Waals surface area contributed by atoms with Crippen molar-refractivity contribution in [2.24, 2.45) is 5.92 Å². The van der Waals surface area contributed by atoms with Gasteiger partial charge in [0.15, 0.2) is 0 Å². The van der Waals surface area contributed by atoms with Crippen LogP contribution in [0.5, 0.6) is 0 Å². The molecule has 0 saturated heterocycles. The van der Waals surface area contributed by atoms with E-state index in [0.29, 0.717) is 6.04 Å². The predicted octanol–water partition coefficient (Wildman–Crippen LogP) is 3.23. The molecule has 1 aromatic rings. The molecule has 16 heavy (non-hydrogen) atoms. The molecule has 1 fully saturated rings. The summed E-state index contributed by atoms with van der Waals surface area (Å²) < 4.78 is 0. The zero-order valence-corrected chi connectivity index (χ0v) is 10.4. The van der Waals surface area contributed by atoms with Gasteiger partial charge in [0.2, 0.25) is 0 Å². The molecule has 2 rings (SSSR count). The van der Waals surface area contributed by atoms with Crippen molar-refractivity contribution in [3.8, 4) is 0 Å². The van der Waals surface area contributed by atoms with E-state index in [1.807, 2.05) is 12.4 Å². The number of hydrogen-bond acceptors (Lipinski definition) is 2. The van der Waals surface area contributed by atoms with E-state index in [-0.39, 0.29) is 0 Å². The molecule has 1 aliphatic rings. The molecule has 1 N–H and O–H groups in total. The fraction of sp³-hybridized carbons (Fsp3) is 0.643. The van der Waals surface area contributed by atoms with E-state index in [4.69, 9.17) is 0 Å². The molecular weight excluding hydrogens is 196 g/mol. The van der Waals surface area contributed by atoms with Crippen LogP contribution in [0.2, 0.25) is 0 Å². The van der Waals surface area contributed by atoms with Crippen molar-refractivity contribution in [1.82, 2.24) is 10.3 Å². The molecule has 1 unspecified atom stereocenters. The van der Waals surface area contributed by atoms with E-state index in [9.17, 15) is 0 Å². The quantitative estimate of drug-likeness (QED) is 0.839. The van der Waals surface area contributed by atoms with E-state index >= 15 is 0 Å². The second-order valence-electron chi connectivity index (χ2n) is 4.88. The van der Waals surface area contributed by atoms with Crippen molar-refractivity contribution in [2.45, 2.75) is 45.6 Å². The molecule has 0 aliphatic heterocycles. The molecule has 0 spiro atoms. The largest absolute Gasteiger partial charge is 0.310 e. The Morgan fingerprint density at radius 1 is 1.38 bits per heavy atom. The van der Waals surface area contributed by atoms with E-state index < -0.39 is 0 Å². The summed E-state index contributed by atoms with van der Waals surface area (Å²) in [6.07, 6.45) is 9.48. The fourth-order valence-electron chi connectivity index (χ4n) is 2.82. The Morgan fingerprint density at radius 3 is 2.75 bits per heavy atom. The van der Waals surface area contributed by atoms with Crippen LogP contribution < -0.4 is 5.32 Å². The summed E-state index contributed by atoms with van der Waals surface area (Å²) in [7, 11) is 0. The molecule has 2 heteroatoms. The normalized spacial score (nSPS) is 18.9. The second-order valence-corrected chi connectivity index (χ2v) is 4.88. The number of rotatable bonds is 4. The minimum atomic E-state index is 0.514. The zero-order chi connectivity index (χ0) is 11.4. The minimum absolute atomic E-state index is 0.514. The van der Waals surface area contributed by atoms with Crippen molar-refractivity contribution in [1.29, 1.82) is 0 Å². The van der Waals surface area contributed by atoms with Gasteiger partial charge in [-0.1, -0.05) is 25.8 Å². The first kappa shape index (κ1) is 11.6. The lowest BCUT2D eigenvalue weighted by Crippen LogP contribution is -2.27. The summed E-state index contributed by atoms with van der Waals surface area (Å²) in [4.78, 5) is 4.32. The summed E-state index contributed by atoms with van der Waals surface area (Å²) in [5.41, 5.74) is 2.63. The maximum absolute atomic E-state index is 4.32. The lowest BCUT2D eigenvalue weighted by molar-refractivity contribution is 0.373. The van der Waals surface area contributed by atoms with Crippen LogP contribution in [0, 0.1) is 12.8 Å². The second kappa shape index (κ2) is 5.44. The van der Waals surface area contributed by atoms with Gasteiger partial charge in [0.25, 0.3) is 0 Å². The highest BCUT2D eigenvalue weighted by Gasteiger charge is 2.25. The first-order valence-electron chi connectivity index (χ1n) is 6.46. The zero-order valence-electron chi connectivity index (χ0n) is 10.4. The smallest absolute Gasteiger partial charge is 0.0363 e. The molecule has 1 heterocycles. The Hall–Kier alpha value is -0.890. The van der Waals surface area contributed by atoms with Gasteiger partial charge < -0.3 is 5.32 Å². The number of hydrogen-bond donors (Lipinski definition) is 1. The number of nitrogens with one attached hydrogen (secondary N) is 1. The van der Waals surface area contributed by atoms with Crippen LogP contribution in [0.4, 0.5) is 0 Å². The predicted molar refractivity (Wildman–Crippen MR) is 67.3 cm³/mol. The third-order valence-electron chi connectivity index (χ3n) is 3.55. The van der Waals surface area contributed by atoms with Crippen molar-refractivity contribution in [2.75, 3.05) is 6.54 Å². The Morgan fingerprint density at radius 2 is 2.12 bits per heavy atom. The van der Waals surface area contributed by atoms with Gasteiger partial charge in [-0.05, 0) is 43.4 Å². The molecule has 2 nitrogen and oxygen atoms in total. The molecule has 1 aromatic heterocycles. The Kier molecular flexibility index (Phi) is 3.94. The van der Waals surface area contributed by atoms with Gasteiger partial charge in [0, 0.05) is 18.4 Å². The standard InChI is InChI=1S/C14H22N2/c1-3-16-14(12-6-4-5-7-12)13-8-11(2)9-15-10-13/h8-10,12,14,16H,3-7H2,1-2H3. The molecule has 88 valence electrons. The van der Waals surface area contributed by atoms with Gasteiger partial charge in [-0.15, -0.1) is 0 Å². The highest BCUT2D eigenvalue weighted by Crippen LogP contribution is 2.35. The minimum Gasteiger partial charge on any atom is -0.310 e. The maximum Gasteiger partial charge on any atom is 0.0363 e. The van der Waals surface area contributed by atoms with Crippen molar-refractivity contribution < 1.29 is 0 Å². The van der Waals surface area contributed by atoms with E-state index in [2.05, 4.69) is 30.2 Å². The van der Waals surface area contributed by atoms with Crippen LogP contribution in [0.15, 0.2) is 18.5 Å². The van der Waals surface area contributed by atoms with Gasteiger partial charge in [-0.2, -0.15) is 0 Å². The first-order valence-corrected chi connectivity index (χ1v) is 6.46. The molecule has 0 radical (unpaired) electrons. The molecule has 0 aromatic carbocycles. The van der Waals surface area contributed by atoms with Crippen LogP contribution in [0.1, 0.15) is 49.8 Å². The van der Waals surface area contributed by atoms with Crippen molar-refractivity contribution in [3.05, 3.63) is 29.6 Å². The Labute approximate surface area is 98.5 Å². The van der Waals surface area contributed by atoms with Crippen LogP contribution >= 0.6 is 0 Å². The molecular formula is C14H22N2. The number of pyridine rings is 1. The summed E-state index contributed by atoms with van der Waals surface area (Å²) in [5.74, 6) is 0.809. The van der Waals surface area contributed by atoms with Gasteiger partial charge in [0.1, 0.15) is 0 Å². The van der Waals surface area contributed by atoms with Crippen molar-refractivity contribution in [3.63, 3.8) is 0 Å². The number of nitrogens with zero attached hydrogens (tertiary/aromatic N) is 1. The number of aromatic nitrogens is 1. The van der Waals surface area contributed by atoms with Crippen LogP contribution in [0.3, 0.4) is 0 Å². The van der Waals surface area contributed by atoms with Crippen molar-refractivity contribution >= 4 is 0 Å². The Bertz CT molecular complexity index is 329. The summed E-state index contributed by atoms with van der Waals surface area (Å²) >= 11 is 0. The van der Waals surface area contributed by atoms with Crippen LogP contribution in [0.25, 0.3) is 0 Å². The van der Waals surface area contributed by atoms with E-state index in [1.54, 1.807) is 0 Å². The molecule has 1 aliphatic carbocycles. The Balaban J connectivity index is 2.17. The third kappa shape index (κ3) is 2.62. The monoisotopic (exact) mass is 218 g/mol. The maximum atomic E-state index is 4.32. The highest BCUT2D eigenvalue weighted by molar-refractivity contribution is 5.21. The summed E-state index contributed by atoms with van der Waals surface area (Å²) in [6.45, 7) is 5.34. The summed E-state index contributed by atoms with van der Waals surface area (Å²) in [6, 6.07) is 2.79. The van der Waals surface area contributed by atoms with Gasteiger partial charge >= 0.3 is 0 Å². The van der Waals surface area contributed by atoms with Gasteiger partial charge in [0.05, 0.1) is 0 Å². The molecule has 1 atom stereocenters. The van der Waals surface area contributed by atoms with Crippen LogP contribution in [-0.4, -0.2) is 11.5 Å². The molecule has 0 bridgehead atoms. The van der Waals surface area contributed by atoms with Crippen LogP contribution in [-0.2, 0) is 0 Å². The first-order chi connectivity index (χ1) is 7.81. The highest BCUT2D eigenvalue weighted by atomic mass is 14.9. The van der Waals surface area contributed by atoms with Gasteiger partial charge in [-0.25, -0.2) is 0 Å². The molecule has 0 amide bonds. The van der Waals surface area contributed by atoms with E-state index in [1.165, 1.54) is 36.8 Å². The van der Waals surface area contributed by atoms with E-state index in [0.717, 1.165) is 12.5 Å². The van der Waals surface area contributed by atoms with Gasteiger partial charge in [-0.3, -0.25) is 4.98 Å². The third-order valence-corrected chi connectivity index (χ3v) is 3.55. The number of aryl methyl sites for hydroxylation is 1. The lowest BCUT2D eigenvalue weighted by Gasteiger charge is -2.24. The summed E-state index contributed by atoms with van der Waals surface area (Å²) in [5, 5.41) is 3.63. The average molecular weight is 218 g/mol. The SMILES string of the molecule is CCNC(c1cncc(C)c1)C1CCCC1. The topological polar surface area (TPSA) is 24.9 Å². The average Bonchev–Trinajstić information content (AvgIpc) is 2.79. The lowest BCUT2D eigenvalue weighted by atomic mass is 9.92.